The van der Waals surface area contributed by atoms with E-state index < -0.39 is 12.2 Å². The zero-order valence-electron chi connectivity index (χ0n) is 19.3. The van der Waals surface area contributed by atoms with Gasteiger partial charge in [-0.25, -0.2) is 0 Å². The van der Waals surface area contributed by atoms with Crippen LogP contribution in [0, 0.1) is 17.8 Å². The maximum absolute atomic E-state index is 10.4. The molecular weight excluding hydrogens is 372 g/mol. The van der Waals surface area contributed by atoms with E-state index in [2.05, 4.69) is 38.7 Å². The van der Waals surface area contributed by atoms with Crippen LogP contribution in [0.5, 0.6) is 0 Å². The Hall–Kier alpha value is -1.16. The first-order valence-corrected chi connectivity index (χ1v) is 12.1. The highest BCUT2D eigenvalue weighted by Gasteiger charge is 2.40. The van der Waals surface area contributed by atoms with Crippen LogP contribution in [0.25, 0.3) is 0 Å². The number of hydrogen-bond acceptors (Lipinski definition) is 3. The minimum atomic E-state index is -0.448. The highest BCUT2D eigenvalue weighted by atomic mass is 16.3. The molecule has 3 N–H and O–H groups in total. The van der Waals surface area contributed by atoms with Crippen LogP contribution in [-0.4, -0.2) is 33.6 Å². The second-order valence-electron chi connectivity index (χ2n) is 9.29. The second kappa shape index (κ2) is 16.5. The van der Waals surface area contributed by atoms with E-state index in [-0.39, 0.29) is 17.9 Å². The quantitative estimate of drug-likeness (QED) is 0.161. The van der Waals surface area contributed by atoms with Gasteiger partial charge in [-0.05, 0) is 75.5 Å². The molecule has 1 aliphatic rings. The molecule has 0 aromatic heterocycles. The van der Waals surface area contributed by atoms with E-state index in [4.69, 9.17) is 0 Å². The molecule has 0 saturated heterocycles. The van der Waals surface area contributed by atoms with Crippen molar-refractivity contribution in [2.75, 3.05) is 0 Å². The summed E-state index contributed by atoms with van der Waals surface area (Å²) in [5, 5.41) is 31.1. The van der Waals surface area contributed by atoms with Crippen LogP contribution < -0.4 is 0 Å². The summed E-state index contributed by atoms with van der Waals surface area (Å²) < 4.78 is 0. The van der Waals surface area contributed by atoms with Crippen molar-refractivity contribution >= 4 is 0 Å². The molecule has 0 bridgehead atoms. The summed E-state index contributed by atoms with van der Waals surface area (Å²) in [6, 6.07) is 0. The van der Waals surface area contributed by atoms with Gasteiger partial charge < -0.3 is 15.3 Å². The molecule has 1 saturated carbocycles. The van der Waals surface area contributed by atoms with E-state index in [1.165, 1.54) is 19.3 Å². The van der Waals surface area contributed by atoms with Gasteiger partial charge in [0.2, 0.25) is 0 Å². The SMILES string of the molecule is C=CC=CC=CCCCC(O)CCC1C(O)CC(O)C1CC=CCCCCC(C)C. The first-order valence-electron chi connectivity index (χ1n) is 12.1. The molecule has 3 heteroatoms. The molecule has 0 radical (unpaired) electrons. The molecule has 0 amide bonds. The predicted octanol–water partition coefficient (Wildman–Crippen LogP) is 6.12. The normalized spacial score (nSPS) is 25.9. The molecule has 0 aromatic rings. The molecule has 0 aliphatic heterocycles. The second-order valence-corrected chi connectivity index (χ2v) is 9.29. The molecular formula is C27H46O3. The van der Waals surface area contributed by atoms with Crippen molar-refractivity contribution in [3.8, 4) is 0 Å². The zero-order valence-corrected chi connectivity index (χ0v) is 19.3. The largest absolute Gasteiger partial charge is 0.393 e. The minimum Gasteiger partial charge on any atom is -0.393 e. The Kier molecular flexibility index (Phi) is 14.8. The first-order chi connectivity index (χ1) is 14.5. The van der Waals surface area contributed by atoms with Gasteiger partial charge in [0.25, 0.3) is 0 Å². The highest BCUT2D eigenvalue weighted by Crippen LogP contribution is 2.38. The lowest BCUT2D eigenvalue weighted by Crippen LogP contribution is -2.23. The predicted molar refractivity (Wildman–Crippen MR) is 128 cm³/mol. The van der Waals surface area contributed by atoms with Crippen LogP contribution in [0.4, 0.5) is 0 Å². The lowest BCUT2D eigenvalue weighted by atomic mass is 9.85. The summed E-state index contributed by atoms with van der Waals surface area (Å²) in [5.74, 6) is 0.971. The van der Waals surface area contributed by atoms with Crippen LogP contribution in [0.3, 0.4) is 0 Å². The lowest BCUT2D eigenvalue weighted by molar-refractivity contribution is 0.0850. The number of unbranched alkanes of at least 4 members (excludes halogenated alkanes) is 3. The molecule has 1 aliphatic carbocycles. The topological polar surface area (TPSA) is 60.7 Å². The fraction of sp³-hybridized carbons (Fsp3) is 0.704. The lowest BCUT2D eigenvalue weighted by Gasteiger charge is -2.23. The zero-order chi connectivity index (χ0) is 22.2. The third-order valence-electron chi connectivity index (χ3n) is 6.23. The monoisotopic (exact) mass is 418 g/mol. The smallest absolute Gasteiger partial charge is 0.0599 e. The van der Waals surface area contributed by atoms with Crippen molar-refractivity contribution in [1.29, 1.82) is 0 Å². The maximum atomic E-state index is 10.4. The number of aliphatic hydroxyl groups is 3. The van der Waals surface area contributed by atoms with Crippen molar-refractivity contribution in [1.82, 2.24) is 0 Å². The number of hydrogen-bond donors (Lipinski definition) is 3. The third-order valence-corrected chi connectivity index (χ3v) is 6.23. The van der Waals surface area contributed by atoms with Gasteiger partial charge in [0, 0.05) is 0 Å². The van der Waals surface area contributed by atoms with Crippen LogP contribution in [0.2, 0.25) is 0 Å². The maximum Gasteiger partial charge on any atom is 0.0599 e. The van der Waals surface area contributed by atoms with E-state index in [1.807, 2.05) is 18.2 Å². The molecule has 30 heavy (non-hydrogen) atoms. The first kappa shape index (κ1) is 26.9. The summed E-state index contributed by atoms with van der Waals surface area (Å²) in [6.07, 6.45) is 23.3. The summed E-state index contributed by atoms with van der Waals surface area (Å²) in [5.41, 5.74) is 0. The molecule has 1 fully saturated rings. The number of allylic oxidation sites excluding steroid dienone is 7. The van der Waals surface area contributed by atoms with Gasteiger partial charge in [-0.3, -0.25) is 0 Å². The van der Waals surface area contributed by atoms with Gasteiger partial charge in [-0.2, -0.15) is 0 Å². The van der Waals surface area contributed by atoms with Gasteiger partial charge in [0.15, 0.2) is 0 Å². The van der Waals surface area contributed by atoms with E-state index in [9.17, 15) is 15.3 Å². The Morgan fingerprint density at radius 3 is 2.30 bits per heavy atom. The Labute approximate surface area is 185 Å². The van der Waals surface area contributed by atoms with Gasteiger partial charge in [0.1, 0.15) is 0 Å². The van der Waals surface area contributed by atoms with Gasteiger partial charge in [-0.1, -0.05) is 75.8 Å². The Morgan fingerprint density at radius 1 is 0.833 bits per heavy atom. The van der Waals surface area contributed by atoms with Gasteiger partial charge in [0.05, 0.1) is 18.3 Å². The van der Waals surface area contributed by atoms with Crippen molar-refractivity contribution in [3.05, 3.63) is 49.1 Å². The molecule has 5 atom stereocenters. The Balaban J connectivity index is 2.29. The molecule has 5 unspecified atom stereocenters. The van der Waals surface area contributed by atoms with Crippen LogP contribution in [-0.2, 0) is 0 Å². The van der Waals surface area contributed by atoms with Gasteiger partial charge >= 0.3 is 0 Å². The van der Waals surface area contributed by atoms with Crippen molar-refractivity contribution < 1.29 is 15.3 Å². The van der Waals surface area contributed by atoms with E-state index in [0.29, 0.717) is 12.8 Å². The molecule has 3 nitrogen and oxygen atoms in total. The molecule has 1 rings (SSSR count). The number of aliphatic hydroxyl groups excluding tert-OH is 3. The summed E-state index contributed by atoms with van der Waals surface area (Å²) in [4.78, 5) is 0. The van der Waals surface area contributed by atoms with Crippen LogP contribution in [0.1, 0.15) is 84.5 Å². The third kappa shape index (κ3) is 11.9. The summed E-state index contributed by atoms with van der Waals surface area (Å²) in [6.45, 7) is 8.16. The van der Waals surface area contributed by atoms with E-state index in [1.54, 1.807) is 6.08 Å². The summed E-state index contributed by atoms with van der Waals surface area (Å²) >= 11 is 0. The standard InChI is InChI=1S/C27H46O3/c1-4-5-6-7-8-11-14-17-23(28)19-20-25-24(26(29)21-27(25)30)18-15-12-9-10-13-16-22(2)3/h4-8,12,15,22-30H,1,9-11,13-14,16-21H2,2-3H3. The molecule has 172 valence electrons. The Morgan fingerprint density at radius 2 is 1.57 bits per heavy atom. The Bertz CT molecular complexity index is 520. The molecule has 0 heterocycles. The van der Waals surface area contributed by atoms with Crippen molar-refractivity contribution in [2.45, 2.75) is 103 Å². The van der Waals surface area contributed by atoms with Crippen LogP contribution in [0.15, 0.2) is 49.1 Å². The van der Waals surface area contributed by atoms with E-state index in [0.717, 1.165) is 44.4 Å². The highest BCUT2D eigenvalue weighted by molar-refractivity contribution is 5.08. The number of rotatable bonds is 16. The van der Waals surface area contributed by atoms with Gasteiger partial charge in [-0.15, -0.1) is 0 Å². The van der Waals surface area contributed by atoms with Crippen molar-refractivity contribution in [3.63, 3.8) is 0 Å². The fourth-order valence-electron chi connectivity index (χ4n) is 4.41. The minimum absolute atomic E-state index is 0.0872. The van der Waals surface area contributed by atoms with Crippen LogP contribution >= 0.6 is 0 Å². The fourth-order valence-corrected chi connectivity index (χ4v) is 4.41. The average Bonchev–Trinajstić information content (AvgIpc) is 2.97. The summed E-state index contributed by atoms with van der Waals surface area (Å²) in [7, 11) is 0. The average molecular weight is 419 g/mol. The van der Waals surface area contributed by atoms with Crippen molar-refractivity contribution in [2.24, 2.45) is 17.8 Å². The van der Waals surface area contributed by atoms with E-state index >= 15 is 0 Å². The molecule has 0 spiro atoms. The molecule has 0 aromatic carbocycles.